The highest BCUT2D eigenvalue weighted by Gasteiger charge is 2.21. The molecule has 0 spiro atoms. The standard InChI is InChI=1S/C13H15N3O2/c1-17-11-4-2-3-9(7-11)13-15-12(16-18-13)8-14-10-5-6-10/h2-4,7,10,14H,5-6,8H2,1H3. The Bertz CT molecular complexity index is 535. The van der Waals surface area contributed by atoms with E-state index in [1.807, 2.05) is 24.3 Å². The van der Waals surface area contributed by atoms with E-state index in [9.17, 15) is 0 Å². The van der Waals surface area contributed by atoms with E-state index in [-0.39, 0.29) is 0 Å². The molecule has 5 nitrogen and oxygen atoms in total. The van der Waals surface area contributed by atoms with Gasteiger partial charge in [0.1, 0.15) is 5.75 Å². The third kappa shape index (κ3) is 2.51. The van der Waals surface area contributed by atoms with Crippen molar-refractivity contribution in [1.82, 2.24) is 15.5 Å². The Hall–Kier alpha value is -1.88. The van der Waals surface area contributed by atoms with E-state index >= 15 is 0 Å². The van der Waals surface area contributed by atoms with Crippen LogP contribution in [0, 0.1) is 0 Å². The summed E-state index contributed by atoms with van der Waals surface area (Å²) in [7, 11) is 1.64. The molecular formula is C13H15N3O2. The molecule has 0 radical (unpaired) electrons. The fraction of sp³-hybridized carbons (Fsp3) is 0.385. The molecule has 0 amide bonds. The van der Waals surface area contributed by atoms with E-state index < -0.39 is 0 Å². The zero-order valence-corrected chi connectivity index (χ0v) is 10.2. The number of methoxy groups -OCH3 is 1. The summed E-state index contributed by atoms with van der Waals surface area (Å²) in [5, 5.41) is 7.31. The van der Waals surface area contributed by atoms with E-state index in [2.05, 4.69) is 15.5 Å². The van der Waals surface area contributed by atoms with Crippen LogP contribution in [-0.2, 0) is 6.54 Å². The summed E-state index contributed by atoms with van der Waals surface area (Å²) in [6, 6.07) is 8.24. The first kappa shape index (κ1) is 11.2. The van der Waals surface area contributed by atoms with Gasteiger partial charge in [0.2, 0.25) is 0 Å². The van der Waals surface area contributed by atoms with Crippen molar-refractivity contribution in [2.24, 2.45) is 0 Å². The van der Waals surface area contributed by atoms with Crippen molar-refractivity contribution >= 4 is 0 Å². The van der Waals surface area contributed by atoms with Gasteiger partial charge in [-0.2, -0.15) is 4.98 Å². The predicted molar refractivity (Wildman–Crippen MR) is 66.1 cm³/mol. The Morgan fingerprint density at radius 1 is 1.44 bits per heavy atom. The van der Waals surface area contributed by atoms with Crippen molar-refractivity contribution in [3.05, 3.63) is 30.1 Å². The maximum absolute atomic E-state index is 5.25. The molecule has 1 aromatic carbocycles. The summed E-state index contributed by atoms with van der Waals surface area (Å²) in [6.45, 7) is 0.665. The van der Waals surface area contributed by atoms with Gasteiger partial charge in [0.05, 0.1) is 13.7 Å². The first-order chi connectivity index (χ1) is 8.85. The van der Waals surface area contributed by atoms with Gasteiger partial charge < -0.3 is 14.6 Å². The second kappa shape index (κ2) is 4.78. The Balaban J connectivity index is 1.74. The van der Waals surface area contributed by atoms with E-state index in [1.165, 1.54) is 12.8 Å². The van der Waals surface area contributed by atoms with E-state index in [0.717, 1.165) is 11.3 Å². The topological polar surface area (TPSA) is 60.2 Å². The molecule has 0 atom stereocenters. The van der Waals surface area contributed by atoms with Crippen LogP contribution in [0.1, 0.15) is 18.7 Å². The number of benzene rings is 1. The van der Waals surface area contributed by atoms with Crippen LogP contribution in [0.25, 0.3) is 11.5 Å². The molecule has 0 saturated heterocycles. The zero-order valence-electron chi connectivity index (χ0n) is 10.2. The molecule has 1 saturated carbocycles. The van der Waals surface area contributed by atoms with Gasteiger partial charge in [-0.1, -0.05) is 11.2 Å². The average molecular weight is 245 g/mol. The van der Waals surface area contributed by atoms with Crippen LogP contribution in [0.2, 0.25) is 0 Å². The molecule has 1 fully saturated rings. The van der Waals surface area contributed by atoms with Crippen LogP contribution < -0.4 is 10.1 Å². The van der Waals surface area contributed by atoms with Gasteiger partial charge in [0.15, 0.2) is 5.82 Å². The van der Waals surface area contributed by atoms with Crippen molar-refractivity contribution in [2.45, 2.75) is 25.4 Å². The maximum Gasteiger partial charge on any atom is 0.258 e. The minimum absolute atomic E-state index is 0.529. The first-order valence-corrected chi connectivity index (χ1v) is 6.05. The minimum Gasteiger partial charge on any atom is -0.497 e. The second-order valence-corrected chi connectivity index (χ2v) is 4.40. The Kier molecular flexibility index (Phi) is 2.98. The highest BCUT2D eigenvalue weighted by atomic mass is 16.5. The van der Waals surface area contributed by atoms with Crippen LogP contribution in [0.3, 0.4) is 0 Å². The Morgan fingerprint density at radius 3 is 3.11 bits per heavy atom. The highest BCUT2D eigenvalue weighted by Crippen LogP contribution is 2.22. The molecule has 0 unspecified atom stereocenters. The second-order valence-electron chi connectivity index (χ2n) is 4.40. The maximum atomic E-state index is 5.25. The lowest BCUT2D eigenvalue weighted by atomic mass is 10.2. The summed E-state index contributed by atoms with van der Waals surface area (Å²) < 4.78 is 10.4. The summed E-state index contributed by atoms with van der Waals surface area (Å²) in [5.74, 6) is 2.00. The van der Waals surface area contributed by atoms with Gasteiger partial charge in [-0.05, 0) is 31.0 Å². The quantitative estimate of drug-likeness (QED) is 0.873. The van der Waals surface area contributed by atoms with Gasteiger partial charge in [-0.25, -0.2) is 0 Å². The third-order valence-corrected chi connectivity index (χ3v) is 2.91. The molecule has 18 heavy (non-hydrogen) atoms. The van der Waals surface area contributed by atoms with Gasteiger partial charge in [-0.15, -0.1) is 0 Å². The number of ether oxygens (including phenoxy) is 1. The summed E-state index contributed by atoms with van der Waals surface area (Å²) >= 11 is 0. The van der Waals surface area contributed by atoms with Gasteiger partial charge in [0.25, 0.3) is 5.89 Å². The predicted octanol–water partition coefficient (Wildman–Crippen LogP) is 2.00. The van der Waals surface area contributed by atoms with Gasteiger partial charge >= 0.3 is 0 Å². The van der Waals surface area contributed by atoms with E-state index in [0.29, 0.717) is 24.3 Å². The smallest absolute Gasteiger partial charge is 0.258 e. The fourth-order valence-corrected chi connectivity index (χ4v) is 1.72. The van der Waals surface area contributed by atoms with Gasteiger partial charge in [0, 0.05) is 11.6 Å². The van der Waals surface area contributed by atoms with Crippen LogP contribution in [-0.4, -0.2) is 23.3 Å². The number of hydrogen-bond donors (Lipinski definition) is 1. The first-order valence-electron chi connectivity index (χ1n) is 6.05. The number of aromatic nitrogens is 2. The number of nitrogens with one attached hydrogen (secondary N) is 1. The molecule has 1 aliphatic carbocycles. The van der Waals surface area contributed by atoms with Crippen LogP contribution in [0.15, 0.2) is 28.8 Å². The summed E-state index contributed by atoms with van der Waals surface area (Å²) in [4.78, 5) is 4.36. The van der Waals surface area contributed by atoms with Crippen LogP contribution in [0.5, 0.6) is 5.75 Å². The van der Waals surface area contributed by atoms with Crippen molar-refractivity contribution in [3.8, 4) is 17.2 Å². The lowest BCUT2D eigenvalue weighted by Crippen LogP contribution is -2.16. The minimum atomic E-state index is 0.529. The monoisotopic (exact) mass is 245 g/mol. The number of nitrogens with zero attached hydrogens (tertiary/aromatic N) is 2. The lowest BCUT2D eigenvalue weighted by Gasteiger charge is -1.99. The van der Waals surface area contributed by atoms with Crippen LogP contribution in [0.4, 0.5) is 0 Å². The van der Waals surface area contributed by atoms with Crippen molar-refractivity contribution in [2.75, 3.05) is 7.11 Å². The molecule has 1 aliphatic rings. The lowest BCUT2D eigenvalue weighted by molar-refractivity contribution is 0.411. The van der Waals surface area contributed by atoms with Crippen molar-refractivity contribution in [3.63, 3.8) is 0 Å². The Morgan fingerprint density at radius 2 is 2.33 bits per heavy atom. The summed E-state index contributed by atoms with van der Waals surface area (Å²) in [5.41, 5.74) is 0.875. The SMILES string of the molecule is COc1cccc(-c2nc(CNC3CC3)no2)c1. The molecule has 1 heterocycles. The molecule has 1 aromatic heterocycles. The largest absolute Gasteiger partial charge is 0.497 e. The highest BCUT2D eigenvalue weighted by molar-refractivity contribution is 5.55. The normalized spacial score (nSPS) is 14.7. The molecule has 1 N–H and O–H groups in total. The molecule has 94 valence electrons. The van der Waals surface area contributed by atoms with E-state index in [1.54, 1.807) is 7.11 Å². The molecule has 0 aliphatic heterocycles. The number of rotatable bonds is 5. The summed E-state index contributed by atoms with van der Waals surface area (Å²) in [6.07, 6.45) is 2.50. The Labute approximate surface area is 105 Å². The molecule has 5 heteroatoms. The van der Waals surface area contributed by atoms with Crippen molar-refractivity contribution in [1.29, 1.82) is 0 Å². The van der Waals surface area contributed by atoms with Gasteiger partial charge in [-0.3, -0.25) is 0 Å². The molecule has 3 rings (SSSR count). The average Bonchev–Trinajstić information content (AvgIpc) is 3.13. The number of hydrogen-bond acceptors (Lipinski definition) is 5. The third-order valence-electron chi connectivity index (χ3n) is 2.91. The van der Waals surface area contributed by atoms with Crippen LogP contribution >= 0.6 is 0 Å². The molecular weight excluding hydrogens is 230 g/mol. The fourth-order valence-electron chi connectivity index (χ4n) is 1.72. The molecule has 0 bridgehead atoms. The van der Waals surface area contributed by atoms with Crippen molar-refractivity contribution < 1.29 is 9.26 Å². The zero-order chi connectivity index (χ0) is 12.4. The molecule has 2 aromatic rings. The van der Waals surface area contributed by atoms with E-state index in [4.69, 9.17) is 9.26 Å².